The van der Waals surface area contributed by atoms with Gasteiger partial charge in [-0.2, -0.15) is 0 Å². The highest BCUT2D eigenvalue weighted by Gasteiger charge is 2.22. The summed E-state index contributed by atoms with van der Waals surface area (Å²) >= 11 is 0. The van der Waals surface area contributed by atoms with Crippen LogP contribution >= 0.6 is 0 Å². The Morgan fingerprint density at radius 1 is 0.923 bits per heavy atom. The highest BCUT2D eigenvalue weighted by Crippen LogP contribution is 2.18. The molecule has 0 heterocycles. The average Bonchev–Trinajstić information content (AvgIpc) is 1.81. The van der Waals surface area contributed by atoms with Gasteiger partial charge in [0.15, 0.2) is 6.29 Å². The second-order valence-electron chi connectivity index (χ2n) is 5.03. The van der Waals surface area contributed by atoms with E-state index in [0.717, 1.165) is 0 Å². The molecular weight excluding hydrogens is 164 g/mol. The van der Waals surface area contributed by atoms with E-state index < -0.39 is 0 Å². The molecule has 0 saturated heterocycles. The van der Waals surface area contributed by atoms with Gasteiger partial charge in [0, 0.05) is 5.92 Å². The predicted molar refractivity (Wildman–Crippen MR) is 55.7 cm³/mol. The van der Waals surface area contributed by atoms with E-state index in [1.54, 1.807) is 0 Å². The second-order valence-corrected chi connectivity index (χ2v) is 5.03. The lowest BCUT2D eigenvalue weighted by atomic mass is 10.1. The van der Waals surface area contributed by atoms with Crippen LogP contribution in [-0.4, -0.2) is 18.0 Å². The van der Waals surface area contributed by atoms with Gasteiger partial charge in [-0.05, 0) is 34.6 Å². The van der Waals surface area contributed by atoms with Gasteiger partial charge in [-0.1, -0.05) is 13.8 Å². The fourth-order valence-corrected chi connectivity index (χ4v) is 0.938. The SMILES string of the molecule is CC(C)OC(OC(C)(C)C)C(C)C. The third-order valence-electron chi connectivity index (χ3n) is 1.42. The van der Waals surface area contributed by atoms with Crippen molar-refractivity contribution in [3.63, 3.8) is 0 Å². The molecule has 0 N–H and O–H groups in total. The summed E-state index contributed by atoms with van der Waals surface area (Å²) in [5.41, 5.74) is -0.135. The zero-order valence-corrected chi connectivity index (χ0v) is 10.0. The summed E-state index contributed by atoms with van der Waals surface area (Å²) in [4.78, 5) is 0. The molecule has 1 unspecified atom stereocenters. The molecule has 13 heavy (non-hydrogen) atoms. The number of ether oxygens (including phenoxy) is 2. The van der Waals surface area contributed by atoms with Crippen LogP contribution in [0.2, 0.25) is 0 Å². The van der Waals surface area contributed by atoms with Crippen LogP contribution in [0.1, 0.15) is 48.5 Å². The Kier molecular flexibility index (Phi) is 4.93. The summed E-state index contributed by atoms with van der Waals surface area (Å²) in [6.45, 7) is 14.4. The number of hydrogen-bond donors (Lipinski definition) is 0. The Balaban J connectivity index is 4.11. The van der Waals surface area contributed by atoms with Crippen LogP contribution in [0.15, 0.2) is 0 Å². The molecule has 0 saturated carbocycles. The Hall–Kier alpha value is -0.0800. The van der Waals surface area contributed by atoms with E-state index in [0.29, 0.717) is 5.92 Å². The summed E-state index contributed by atoms with van der Waals surface area (Å²) in [6, 6.07) is 0. The first-order valence-corrected chi connectivity index (χ1v) is 5.05. The largest absolute Gasteiger partial charge is 0.350 e. The predicted octanol–water partition coefficient (Wildman–Crippen LogP) is 3.21. The molecule has 0 aliphatic rings. The maximum atomic E-state index is 5.79. The summed E-state index contributed by atoms with van der Waals surface area (Å²) in [6.07, 6.45) is 0.120. The molecule has 0 amide bonds. The minimum Gasteiger partial charge on any atom is -0.350 e. The van der Waals surface area contributed by atoms with Crippen molar-refractivity contribution < 1.29 is 9.47 Å². The van der Waals surface area contributed by atoms with E-state index in [2.05, 4.69) is 13.8 Å². The van der Waals surface area contributed by atoms with Gasteiger partial charge in [-0.15, -0.1) is 0 Å². The third kappa shape index (κ3) is 7.03. The van der Waals surface area contributed by atoms with Gasteiger partial charge < -0.3 is 9.47 Å². The highest BCUT2D eigenvalue weighted by atomic mass is 16.7. The van der Waals surface area contributed by atoms with E-state index in [1.807, 2.05) is 34.6 Å². The molecule has 2 nitrogen and oxygen atoms in total. The van der Waals surface area contributed by atoms with Crippen LogP contribution < -0.4 is 0 Å². The van der Waals surface area contributed by atoms with Crippen molar-refractivity contribution in [3.8, 4) is 0 Å². The van der Waals surface area contributed by atoms with Crippen molar-refractivity contribution in [1.82, 2.24) is 0 Å². The molecule has 0 aliphatic carbocycles. The van der Waals surface area contributed by atoms with Crippen LogP contribution in [0.25, 0.3) is 0 Å². The fourth-order valence-electron chi connectivity index (χ4n) is 0.938. The Morgan fingerprint density at radius 2 is 1.38 bits per heavy atom. The zero-order valence-electron chi connectivity index (χ0n) is 10.0. The summed E-state index contributed by atoms with van der Waals surface area (Å²) in [5.74, 6) is 0.390. The van der Waals surface area contributed by atoms with Crippen LogP contribution in [0.4, 0.5) is 0 Å². The quantitative estimate of drug-likeness (QED) is 0.631. The normalized spacial score (nSPS) is 15.5. The molecule has 0 spiro atoms. The van der Waals surface area contributed by atoms with Gasteiger partial charge >= 0.3 is 0 Å². The van der Waals surface area contributed by atoms with Gasteiger partial charge in [-0.3, -0.25) is 0 Å². The Labute approximate surface area is 82.6 Å². The fraction of sp³-hybridized carbons (Fsp3) is 1.00. The first-order chi connectivity index (χ1) is 5.72. The number of rotatable bonds is 4. The first-order valence-electron chi connectivity index (χ1n) is 5.05. The minimum atomic E-state index is -0.135. The Bertz CT molecular complexity index is 134. The lowest BCUT2D eigenvalue weighted by Crippen LogP contribution is -2.34. The number of hydrogen-bond acceptors (Lipinski definition) is 2. The molecule has 0 aromatic heterocycles. The van der Waals surface area contributed by atoms with Crippen molar-refractivity contribution in [2.24, 2.45) is 5.92 Å². The minimum absolute atomic E-state index is 0.0972. The van der Waals surface area contributed by atoms with Gasteiger partial charge in [0.1, 0.15) is 0 Å². The van der Waals surface area contributed by atoms with Gasteiger partial charge in [-0.25, -0.2) is 0 Å². The van der Waals surface area contributed by atoms with Crippen LogP contribution in [-0.2, 0) is 9.47 Å². The second kappa shape index (κ2) is 4.97. The summed E-state index contributed by atoms with van der Waals surface area (Å²) < 4.78 is 11.5. The average molecular weight is 188 g/mol. The molecule has 2 heteroatoms. The van der Waals surface area contributed by atoms with Gasteiger partial charge in [0.25, 0.3) is 0 Å². The highest BCUT2D eigenvalue weighted by molar-refractivity contribution is 4.63. The molecule has 0 radical (unpaired) electrons. The molecule has 0 aliphatic heterocycles. The molecule has 0 aromatic rings. The van der Waals surface area contributed by atoms with Crippen LogP contribution in [0, 0.1) is 5.92 Å². The van der Waals surface area contributed by atoms with E-state index >= 15 is 0 Å². The molecule has 1 atom stereocenters. The maximum absolute atomic E-state index is 5.79. The van der Waals surface area contributed by atoms with Gasteiger partial charge in [0.05, 0.1) is 11.7 Å². The zero-order chi connectivity index (χ0) is 10.6. The third-order valence-corrected chi connectivity index (χ3v) is 1.42. The van der Waals surface area contributed by atoms with Gasteiger partial charge in [0.2, 0.25) is 0 Å². The molecule has 0 bridgehead atoms. The standard InChI is InChI=1S/C11H24O2/c1-8(2)10(12-9(3)4)13-11(5,6)7/h8-10H,1-7H3. The molecule has 80 valence electrons. The van der Waals surface area contributed by atoms with Crippen molar-refractivity contribution in [1.29, 1.82) is 0 Å². The van der Waals surface area contributed by atoms with Crippen LogP contribution in [0.3, 0.4) is 0 Å². The van der Waals surface area contributed by atoms with E-state index in [9.17, 15) is 0 Å². The van der Waals surface area contributed by atoms with Crippen molar-refractivity contribution in [2.45, 2.75) is 66.5 Å². The molecule has 0 fully saturated rings. The van der Waals surface area contributed by atoms with Crippen molar-refractivity contribution in [3.05, 3.63) is 0 Å². The van der Waals surface area contributed by atoms with Crippen molar-refractivity contribution >= 4 is 0 Å². The smallest absolute Gasteiger partial charge is 0.160 e. The Morgan fingerprint density at radius 3 is 1.62 bits per heavy atom. The van der Waals surface area contributed by atoms with Crippen LogP contribution in [0.5, 0.6) is 0 Å². The van der Waals surface area contributed by atoms with E-state index in [1.165, 1.54) is 0 Å². The lowest BCUT2D eigenvalue weighted by Gasteiger charge is -2.31. The maximum Gasteiger partial charge on any atom is 0.160 e. The monoisotopic (exact) mass is 188 g/mol. The molecular formula is C11H24O2. The molecule has 0 aromatic carbocycles. The summed E-state index contributed by atoms with van der Waals surface area (Å²) in [5, 5.41) is 0. The topological polar surface area (TPSA) is 18.5 Å². The van der Waals surface area contributed by atoms with E-state index in [4.69, 9.17) is 9.47 Å². The summed E-state index contributed by atoms with van der Waals surface area (Å²) in [7, 11) is 0. The lowest BCUT2D eigenvalue weighted by molar-refractivity contribution is -0.228. The van der Waals surface area contributed by atoms with Crippen molar-refractivity contribution in [2.75, 3.05) is 0 Å². The first kappa shape index (κ1) is 12.9. The van der Waals surface area contributed by atoms with E-state index in [-0.39, 0.29) is 18.0 Å². The molecule has 0 rings (SSSR count).